The number of aryl methyl sites for hydroxylation is 1. The highest BCUT2D eigenvalue weighted by Crippen LogP contribution is 2.14. The molecule has 1 aromatic rings. The first-order chi connectivity index (χ1) is 12.5. The Balaban J connectivity index is 2.18. The molecule has 0 spiro atoms. The minimum absolute atomic E-state index is 0.999. The predicted octanol–water partition coefficient (Wildman–Crippen LogP) is 8.36. The number of hydrogen-bond acceptors (Lipinski definition) is 1. The van der Waals surface area contributed by atoms with Gasteiger partial charge in [-0.3, -0.25) is 0 Å². The Morgan fingerprint density at radius 2 is 1.23 bits per heavy atom. The molecule has 0 N–H and O–H groups in total. The summed E-state index contributed by atoms with van der Waals surface area (Å²) in [4.78, 5) is 0. The summed E-state index contributed by atoms with van der Waals surface area (Å²) >= 11 is 0. The van der Waals surface area contributed by atoms with Gasteiger partial charge in [0.2, 0.25) is 0 Å². The first-order valence-electron chi connectivity index (χ1n) is 10.1. The minimum atomic E-state index is 0.999. The lowest BCUT2D eigenvalue weighted by Gasteiger charge is -2.03. The fraction of sp³-hybridized carbons (Fsp3) is 0.520. The van der Waals surface area contributed by atoms with Crippen molar-refractivity contribution in [1.82, 2.24) is 0 Å². The Bertz CT molecular complexity index is 605. The maximum absolute atomic E-state index is 5.37. The molecule has 0 unspecified atom stereocenters. The van der Waals surface area contributed by atoms with E-state index in [-0.39, 0.29) is 0 Å². The molecule has 0 aliphatic heterocycles. The molecule has 0 amide bonds. The van der Waals surface area contributed by atoms with Gasteiger partial charge < -0.3 is 4.42 Å². The van der Waals surface area contributed by atoms with Gasteiger partial charge in [0.1, 0.15) is 5.76 Å². The summed E-state index contributed by atoms with van der Waals surface area (Å²) in [5, 5.41) is 0. The number of allylic oxidation sites excluding steroid dienone is 8. The highest BCUT2D eigenvalue weighted by molar-refractivity contribution is 5.07. The zero-order chi connectivity index (χ0) is 19.2. The summed E-state index contributed by atoms with van der Waals surface area (Å²) in [6.45, 7) is 11.1. The lowest BCUT2D eigenvalue weighted by Crippen LogP contribution is -1.83. The number of hydrogen-bond donors (Lipinski definition) is 0. The van der Waals surface area contributed by atoms with Crippen molar-refractivity contribution in [1.29, 1.82) is 0 Å². The molecule has 0 atom stereocenters. The molecule has 0 bridgehead atoms. The highest BCUT2D eigenvalue weighted by Gasteiger charge is 1.95. The molecule has 1 aromatic heterocycles. The first kappa shape index (κ1) is 22.3. The normalized spacial score (nSPS) is 13.2. The Hall–Kier alpha value is -1.76. The molecule has 1 nitrogen and oxygen atoms in total. The van der Waals surface area contributed by atoms with Crippen LogP contribution in [0, 0.1) is 0 Å². The van der Waals surface area contributed by atoms with Crippen molar-refractivity contribution < 1.29 is 4.42 Å². The van der Waals surface area contributed by atoms with Gasteiger partial charge in [-0.15, -0.1) is 0 Å². The summed E-state index contributed by atoms with van der Waals surface area (Å²) in [5.41, 5.74) is 5.94. The topological polar surface area (TPSA) is 13.1 Å². The van der Waals surface area contributed by atoms with Crippen molar-refractivity contribution in [2.24, 2.45) is 0 Å². The molecule has 26 heavy (non-hydrogen) atoms. The fourth-order valence-electron chi connectivity index (χ4n) is 2.90. The lowest BCUT2D eigenvalue weighted by atomic mass is 10.0. The van der Waals surface area contributed by atoms with Crippen molar-refractivity contribution in [3.05, 3.63) is 70.8 Å². The van der Waals surface area contributed by atoms with Crippen LogP contribution in [0.1, 0.15) is 85.3 Å². The molecule has 0 fully saturated rings. The van der Waals surface area contributed by atoms with E-state index >= 15 is 0 Å². The third kappa shape index (κ3) is 11.7. The maximum atomic E-state index is 5.37. The molecule has 144 valence electrons. The standard InChI is InChI=1S/C25H38O/c1-21(2)11-6-12-22(3)13-7-14-23(4)15-8-16-24(5)17-9-18-25-19-10-20-26-25/h10-11,13,15,17,19-20H,6-9,12,14,16,18H2,1-5H3. The molecule has 0 saturated heterocycles. The van der Waals surface area contributed by atoms with E-state index in [2.05, 4.69) is 58.9 Å². The van der Waals surface area contributed by atoms with E-state index in [1.165, 1.54) is 48.0 Å². The Morgan fingerprint density at radius 1 is 0.731 bits per heavy atom. The van der Waals surface area contributed by atoms with Crippen molar-refractivity contribution in [3.63, 3.8) is 0 Å². The minimum Gasteiger partial charge on any atom is -0.469 e. The van der Waals surface area contributed by atoms with Crippen molar-refractivity contribution in [2.45, 2.75) is 86.0 Å². The molecular formula is C25H38O. The average Bonchev–Trinajstić information content (AvgIpc) is 3.08. The summed E-state index contributed by atoms with van der Waals surface area (Å²) in [5.74, 6) is 1.08. The summed E-state index contributed by atoms with van der Waals surface area (Å²) in [6, 6.07) is 4.01. The van der Waals surface area contributed by atoms with Crippen LogP contribution < -0.4 is 0 Å². The second-order valence-electron chi connectivity index (χ2n) is 7.67. The third-order valence-electron chi connectivity index (χ3n) is 4.62. The fourth-order valence-corrected chi connectivity index (χ4v) is 2.90. The molecule has 0 aliphatic rings. The zero-order valence-electron chi connectivity index (χ0n) is 17.6. The van der Waals surface area contributed by atoms with E-state index < -0.39 is 0 Å². The van der Waals surface area contributed by atoms with Crippen molar-refractivity contribution in [3.8, 4) is 0 Å². The van der Waals surface area contributed by atoms with Gasteiger partial charge >= 0.3 is 0 Å². The second-order valence-corrected chi connectivity index (χ2v) is 7.67. The van der Waals surface area contributed by atoms with Gasteiger partial charge in [0, 0.05) is 6.42 Å². The first-order valence-corrected chi connectivity index (χ1v) is 10.1. The van der Waals surface area contributed by atoms with E-state index in [4.69, 9.17) is 4.42 Å². The van der Waals surface area contributed by atoms with E-state index in [1.54, 1.807) is 6.26 Å². The van der Waals surface area contributed by atoms with Crippen molar-refractivity contribution in [2.75, 3.05) is 0 Å². The molecular weight excluding hydrogens is 316 g/mol. The van der Waals surface area contributed by atoms with E-state index in [0.29, 0.717) is 0 Å². The van der Waals surface area contributed by atoms with Gasteiger partial charge in [-0.1, -0.05) is 46.6 Å². The average molecular weight is 355 g/mol. The smallest absolute Gasteiger partial charge is 0.104 e. The van der Waals surface area contributed by atoms with Gasteiger partial charge in [-0.2, -0.15) is 0 Å². The van der Waals surface area contributed by atoms with E-state index in [9.17, 15) is 0 Å². The summed E-state index contributed by atoms with van der Waals surface area (Å²) < 4.78 is 5.37. The van der Waals surface area contributed by atoms with Gasteiger partial charge in [0.15, 0.2) is 0 Å². The SMILES string of the molecule is CC(C)=CCCC(C)=CCCC(C)=CCCC(C)=CCCc1ccco1. The van der Waals surface area contributed by atoms with Crippen LogP contribution >= 0.6 is 0 Å². The molecule has 0 aliphatic carbocycles. The van der Waals surface area contributed by atoms with Crippen LogP contribution in [0.15, 0.2) is 69.4 Å². The second kappa shape index (κ2) is 13.4. The van der Waals surface area contributed by atoms with Crippen LogP contribution in [-0.2, 0) is 6.42 Å². The van der Waals surface area contributed by atoms with Gasteiger partial charge in [-0.25, -0.2) is 0 Å². The summed E-state index contributed by atoms with van der Waals surface area (Å²) in [6.07, 6.45) is 20.3. The predicted molar refractivity (Wildman–Crippen MR) is 115 cm³/mol. The van der Waals surface area contributed by atoms with Crippen LogP contribution in [0.3, 0.4) is 0 Å². The molecule has 1 heteroatoms. The molecule has 0 aromatic carbocycles. The van der Waals surface area contributed by atoms with Gasteiger partial charge in [0.25, 0.3) is 0 Å². The van der Waals surface area contributed by atoms with Crippen LogP contribution in [-0.4, -0.2) is 0 Å². The molecule has 0 saturated carbocycles. The van der Waals surface area contributed by atoms with Crippen LogP contribution in [0.2, 0.25) is 0 Å². The van der Waals surface area contributed by atoms with E-state index in [0.717, 1.165) is 31.4 Å². The molecule has 0 radical (unpaired) electrons. The zero-order valence-corrected chi connectivity index (χ0v) is 17.6. The largest absolute Gasteiger partial charge is 0.469 e. The van der Waals surface area contributed by atoms with Crippen LogP contribution in [0.25, 0.3) is 0 Å². The number of furan rings is 1. The third-order valence-corrected chi connectivity index (χ3v) is 4.62. The van der Waals surface area contributed by atoms with Crippen LogP contribution in [0.5, 0.6) is 0 Å². The number of rotatable bonds is 12. The highest BCUT2D eigenvalue weighted by atomic mass is 16.3. The maximum Gasteiger partial charge on any atom is 0.104 e. The van der Waals surface area contributed by atoms with Gasteiger partial charge in [-0.05, 0) is 91.7 Å². The Morgan fingerprint density at radius 3 is 1.69 bits per heavy atom. The summed E-state index contributed by atoms with van der Waals surface area (Å²) in [7, 11) is 0. The van der Waals surface area contributed by atoms with Gasteiger partial charge in [0.05, 0.1) is 6.26 Å². The quantitative estimate of drug-likeness (QED) is 0.344. The molecule has 1 rings (SSSR count). The Labute approximate surface area is 161 Å². The monoisotopic (exact) mass is 354 g/mol. The molecule has 1 heterocycles. The Kier molecular flexibility index (Phi) is 11.5. The van der Waals surface area contributed by atoms with E-state index in [1.807, 2.05) is 12.1 Å². The lowest BCUT2D eigenvalue weighted by molar-refractivity contribution is 0.510. The van der Waals surface area contributed by atoms with Crippen LogP contribution in [0.4, 0.5) is 0 Å². The van der Waals surface area contributed by atoms with Crippen molar-refractivity contribution >= 4 is 0 Å².